The second-order valence-electron chi connectivity index (χ2n) is 5.60. The van der Waals surface area contributed by atoms with Gasteiger partial charge in [0, 0.05) is 7.11 Å². The highest BCUT2D eigenvalue weighted by Crippen LogP contribution is 2.26. The molecule has 1 fully saturated rings. The van der Waals surface area contributed by atoms with Crippen LogP contribution in [0.5, 0.6) is 5.75 Å². The molecule has 0 amide bonds. The van der Waals surface area contributed by atoms with Crippen LogP contribution in [0.4, 0.5) is 0 Å². The van der Waals surface area contributed by atoms with E-state index in [1.165, 1.54) is 12.8 Å². The Bertz CT molecular complexity index is 452. The number of aliphatic carboxylic acids is 1. The fourth-order valence-corrected chi connectivity index (χ4v) is 2.85. The lowest BCUT2D eigenvalue weighted by Gasteiger charge is -2.27. The number of benzene rings is 1. The van der Waals surface area contributed by atoms with Gasteiger partial charge in [-0.15, -0.1) is 0 Å². The Morgan fingerprint density at radius 3 is 2.32 bits per heavy atom. The van der Waals surface area contributed by atoms with Crippen molar-refractivity contribution < 1.29 is 19.4 Å². The molecule has 0 radical (unpaired) electrons. The van der Waals surface area contributed by atoms with Gasteiger partial charge in [-0.2, -0.15) is 0 Å². The monoisotopic (exact) mass is 307 g/mol. The SMILES string of the molecule is COCCOc1ccc(C(C(=O)O)N2CCCCCC2)cc1. The Morgan fingerprint density at radius 1 is 1.14 bits per heavy atom. The first-order valence-corrected chi connectivity index (χ1v) is 7.91. The summed E-state index contributed by atoms with van der Waals surface area (Å²) in [5.74, 6) is -0.0456. The molecule has 122 valence electrons. The molecule has 5 nitrogen and oxygen atoms in total. The summed E-state index contributed by atoms with van der Waals surface area (Å²) in [5, 5.41) is 9.62. The third-order valence-electron chi connectivity index (χ3n) is 3.99. The van der Waals surface area contributed by atoms with Crippen molar-refractivity contribution in [2.24, 2.45) is 0 Å². The average Bonchev–Trinajstić information content (AvgIpc) is 2.78. The molecular weight excluding hydrogens is 282 g/mol. The van der Waals surface area contributed by atoms with Gasteiger partial charge in [0.15, 0.2) is 0 Å². The highest BCUT2D eigenvalue weighted by atomic mass is 16.5. The highest BCUT2D eigenvalue weighted by Gasteiger charge is 2.27. The topological polar surface area (TPSA) is 59.0 Å². The first-order valence-electron chi connectivity index (χ1n) is 7.91. The van der Waals surface area contributed by atoms with E-state index >= 15 is 0 Å². The summed E-state index contributed by atoms with van der Waals surface area (Å²) in [6.07, 6.45) is 4.52. The summed E-state index contributed by atoms with van der Waals surface area (Å²) < 4.78 is 10.5. The number of hydrogen-bond donors (Lipinski definition) is 1. The summed E-state index contributed by atoms with van der Waals surface area (Å²) in [7, 11) is 1.63. The van der Waals surface area contributed by atoms with Crippen LogP contribution >= 0.6 is 0 Å². The normalized spacial score (nSPS) is 17.7. The quantitative estimate of drug-likeness (QED) is 0.785. The Kier molecular flexibility index (Phi) is 6.68. The van der Waals surface area contributed by atoms with Crippen LogP contribution < -0.4 is 4.74 Å². The van der Waals surface area contributed by atoms with Crippen molar-refractivity contribution in [3.63, 3.8) is 0 Å². The second kappa shape index (κ2) is 8.76. The van der Waals surface area contributed by atoms with E-state index in [-0.39, 0.29) is 0 Å². The molecule has 1 aliphatic heterocycles. The fourth-order valence-electron chi connectivity index (χ4n) is 2.85. The van der Waals surface area contributed by atoms with Crippen molar-refractivity contribution in [1.82, 2.24) is 4.90 Å². The molecule has 1 aromatic carbocycles. The third kappa shape index (κ3) is 4.71. The molecule has 1 heterocycles. The zero-order valence-corrected chi connectivity index (χ0v) is 13.2. The standard InChI is InChI=1S/C17H25NO4/c1-21-12-13-22-15-8-6-14(7-9-15)16(17(19)20)18-10-4-2-3-5-11-18/h6-9,16H,2-5,10-13H2,1H3,(H,19,20). The number of likely N-dealkylation sites (tertiary alicyclic amines) is 1. The molecule has 1 saturated heterocycles. The van der Waals surface area contributed by atoms with E-state index in [1.54, 1.807) is 7.11 Å². The van der Waals surface area contributed by atoms with Crippen LogP contribution in [0.2, 0.25) is 0 Å². The minimum Gasteiger partial charge on any atom is -0.491 e. The maximum Gasteiger partial charge on any atom is 0.325 e. The van der Waals surface area contributed by atoms with Crippen LogP contribution in [0, 0.1) is 0 Å². The van der Waals surface area contributed by atoms with Crippen molar-refractivity contribution >= 4 is 5.97 Å². The molecule has 1 N–H and O–H groups in total. The lowest BCUT2D eigenvalue weighted by Crippen LogP contribution is -2.34. The van der Waals surface area contributed by atoms with Crippen LogP contribution in [0.3, 0.4) is 0 Å². The number of hydrogen-bond acceptors (Lipinski definition) is 4. The number of rotatable bonds is 7. The summed E-state index contributed by atoms with van der Waals surface area (Å²) in [6, 6.07) is 6.81. The lowest BCUT2D eigenvalue weighted by molar-refractivity contribution is -0.143. The van der Waals surface area contributed by atoms with Crippen molar-refractivity contribution in [2.75, 3.05) is 33.4 Å². The van der Waals surface area contributed by atoms with Crippen LogP contribution in [-0.4, -0.2) is 49.4 Å². The largest absolute Gasteiger partial charge is 0.491 e. The number of carbonyl (C=O) groups is 1. The zero-order valence-electron chi connectivity index (χ0n) is 13.2. The predicted molar refractivity (Wildman–Crippen MR) is 84.2 cm³/mol. The van der Waals surface area contributed by atoms with E-state index in [9.17, 15) is 9.90 Å². The Morgan fingerprint density at radius 2 is 1.77 bits per heavy atom. The molecule has 1 aliphatic rings. The zero-order chi connectivity index (χ0) is 15.8. The number of nitrogens with zero attached hydrogens (tertiary/aromatic N) is 1. The maximum absolute atomic E-state index is 11.7. The van der Waals surface area contributed by atoms with Crippen LogP contribution in [0.1, 0.15) is 37.3 Å². The van der Waals surface area contributed by atoms with Crippen molar-refractivity contribution in [2.45, 2.75) is 31.7 Å². The summed E-state index contributed by atoms with van der Waals surface area (Å²) in [6.45, 7) is 2.73. The molecule has 0 spiro atoms. The van der Waals surface area contributed by atoms with Gasteiger partial charge < -0.3 is 14.6 Å². The molecule has 0 bridgehead atoms. The summed E-state index contributed by atoms with van der Waals surface area (Å²) in [4.78, 5) is 13.8. The Balaban J connectivity index is 2.06. The van der Waals surface area contributed by atoms with Crippen molar-refractivity contribution in [3.05, 3.63) is 29.8 Å². The van der Waals surface area contributed by atoms with Gasteiger partial charge in [-0.3, -0.25) is 9.69 Å². The minimum absolute atomic E-state index is 0.490. The highest BCUT2D eigenvalue weighted by molar-refractivity contribution is 5.75. The van der Waals surface area contributed by atoms with Gasteiger partial charge in [-0.1, -0.05) is 25.0 Å². The van der Waals surface area contributed by atoms with Gasteiger partial charge in [-0.25, -0.2) is 0 Å². The van der Waals surface area contributed by atoms with E-state index < -0.39 is 12.0 Å². The van der Waals surface area contributed by atoms with Gasteiger partial charge in [0.05, 0.1) is 6.61 Å². The first kappa shape index (κ1) is 16.8. The molecule has 0 saturated carbocycles. The summed E-state index contributed by atoms with van der Waals surface area (Å²) in [5.41, 5.74) is 0.813. The smallest absolute Gasteiger partial charge is 0.325 e. The molecular formula is C17H25NO4. The molecule has 2 rings (SSSR count). The van der Waals surface area contributed by atoms with Gasteiger partial charge in [0.1, 0.15) is 18.4 Å². The number of ether oxygens (including phenoxy) is 2. The number of methoxy groups -OCH3 is 1. The van der Waals surface area contributed by atoms with Crippen LogP contribution in [0.15, 0.2) is 24.3 Å². The minimum atomic E-state index is -0.782. The second-order valence-corrected chi connectivity index (χ2v) is 5.60. The third-order valence-corrected chi connectivity index (χ3v) is 3.99. The van der Waals surface area contributed by atoms with E-state index in [2.05, 4.69) is 4.90 Å². The molecule has 22 heavy (non-hydrogen) atoms. The van der Waals surface area contributed by atoms with Gasteiger partial charge in [0.2, 0.25) is 0 Å². The van der Waals surface area contributed by atoms with Gasteiger partial charge in [0.25, 0.3) is 0 Å². The molecule has 1 unspecified atom stereocenters. The molecule has 0 aliphatic carbocycles. The van der Waals surface area contributed by atoms with E-state index in [4.69, 9.17) is 9.47 Å². The number of carboxylic acids is 1. The van der Waals surface area contributed by atoms with Crippen molar-refractivity contribution in [1.29, 1.82) is 0 Å². The van der Waals surface area contributed by atoms with E-state index in [0.29, 0.717) is 13.2 Å². The van der Waals surface area contributed by atoms with E-state index in [0.717, 1.165) is 37.2 Å². The Hall–Kier alpha value is -1.59. The molecule has 1 aromatic rings. The van der Waals surface area contributed by atoms with Gasteiger partial charge >= 0.3 is 5.97 Å². The molecule has 1 atom stereocenters. The lowest BCUT2D eigenvalue weighted by atomic mass is 10.0. The number of carboxylic acid groups (broad SMARTS) is 1. The fraction of sp³-hybridized carbons (Fsp3) is 0.588. The molecule has 0 aromatic heterocycles. The van der Waals surface area contributed by atoms with Crippen LogP contribution in [0.25, 0.3) is 0 Å². The maximum atomic E-state index is 11.7. The van der Waals surface area contributed by atoms with Gasteiger partial charge in [-0.05, 0) is 43.6 Å². The van der Waals surface area contributed by atoms with E-state index in [1.807, 2.05) is 24.3 Å². The first-order chi connectivity index (χ1) is 10.7. The van der Waals surface area contributed by atoms with Crippen molar-refractivity contribution in [3.8, 4) is 5.75 Å². The predicted octanol–water partition coefficient (Wildman–Crippen LogP) is 2.71. The van der Waals surface area contributed by atoms with Crippen LogP contribution in [-0.2, 0) is 9.53 Å². The Labute approximate surface area is 131 Å². The molecule has 5 heteroatoms. The summed E-state index contributed by atoms with van der Waals surface area (Å²) >= 11 is 0. The average molecular weight is 307 g/mol.